The third-order valence-corrected chi connectivity index (χ3v) is 3.82. The highest BCUT2D eigenvalue weighted by atomic mass is 32.2. The number of methoxy groups -OCH3 is 1. The number of nitrogens with one attached hydrogen (secondary N) is 1. The monoisotopic (exact) mass is 292 g/mol. The van der Waals surface area contributed by atoms with Crippen molar-refractivity contribution < 1.29 is 9.53 Å². The van der Waals surface area contributed by atoms with Crippen LogP contribution in [-0.4, -0.2) is 29.1 Å². The topological polar surface area (TPSA) is 64.1 Å². The van der Waals surface area contributed by atoms with Crippen LogP contribution in [0.25, 0.3) is 11.3 Å². The summed E-state index contributed by atoms with van der Waals surface area (Å²) in [6.07, 6.45) is 2.01. The lowest BCUT2D eigenvalue weighted by molar-refractivity contribution is -0.141. The van der Waals surface area contributed by atoms with E-state index in [-0.39, 0.29) is 12.1 Å². The molecule has 0 aliphatic carbocycles. The molecule has 0 aliphatic heterocycles. The third-order valence-electron chi connectivity index (χ3n) is 3.08. The maximum Gasteiger partial charge on any atom is 0.327 e. The van der Waals surface area contributed by atoms with E-state index in [1.165, 1.54) is 11.8 Å². The van der Waals surface area contributed by atoms with Crippen molar-refractivity contribution in [1.29, 1.82) is 0 Å². The van der Waals surface area contributed by atoms with Gasteiger partial charge in [0.25, 0.3) is 5.56 Å². The first-order valence-corrected chi connectivity index (χ1v) is 7.30. The van der Waals surface area contributed by atoms with Gasteiger partial charge in [-0.25, -0.2) is 4.68 Å². The largest absolute Gasteiger partial charge is 0.468 e. The first kappa shape index (κ1) is 14.5. The Labute approximate surface area is 120 Å². The maximum atomic E-state index is 12.1. The highest BCUT2D eigenvalue weighted by Crippen LogP contribution is 2.22. The predicted octanol–water partition coefficient (Wildman–Crippen LogP) is 2.05. The lowest BCUT2D eigenvalue weighted by Crippen LogP contribution is -2.23. The summed E-state index contributed by atoms with van der Waals surface area (Å²) in [4.78, 5) is 24.5. The number of nitrogens with zero attached hydrogens (tertiary/aromatic N) is 1. The zero-order chi connectivity index (χ0) is 14.7. The summed E-state index contributed by atoms with van der Waals surface area (Å²) in [5.74, 6) is -0.461. The Hall–Kier alpha value is -1.95. The number of esters is 1. The fourth-order valence-corrected chi connectivity index (χ4v) is 2.33. The zero-order valence-corrected chi connectivity index (χ0v) is 12.4. The molecule has 1 heterocycles. The van der Waals surface area contributed by atoms with Crippen LogP contribution in [0.4, 0.5) is 0 Å². The van der Waals surface area contributed by atoms with Crippen LogP contribution in [0.2, 0.25) is 0 Å². The number of hydrogen-bond donors (Lipinski definition) is 1. The Morgan fingerprint density at radius 3 is 2.55 bits per heavy atom. The van der Waals surface area contributed by atoms with Gasteiger partial charge >= 0.3 is 5.97 Å². The van der Waals surface area contributed by atoms with Crippen molar-refractivity contribution in [1.82, 2.24) is 9.78 Å². The molecule has 6 heteroatoms. The second-order valence-electron chi connectivity index (χ2n) is 4.31. The van der Waals surface area contributed by atoms with Crippen molar-refractivity contribution in [2.24, 2.45) is 0 Å². The van der Waals surface area contributed by atoms with E-state index >= 15 is 0 Å². The Balaban J connectivity index is 2.39. The average molecular weight is 292 g/mol. The average Bonchev–Trinajstić information content (AvgIpc) is 2.75. The molecule has 2 rings (SSSR count). The highest BCUT2D eigenvalue weighted by Gasteiger charge is 2.14. The van der Waals surface area contributed by atoms with Crippen molar-refractivity contribution in [2.75, 3.05) is 13.4 Å². The normalized spacial score (nSPS) is 10.6. The molecule has 0 aliphatic rings. The summed E-state index contributed by atoms with van der Waals surface area (Å²) in [6, 6.07) is 7.89. The molecule has 0 saturated carbocycles. The van der Waals surface area contributed by atoms with Crippen LogP contribution in [0, 0.1) is 6.92 Å². The Morgan fingerprint density at radius 1 is 1.35 bits per heavy atom. The number of rotatable bonds is 4. The number of aromatic amines is 1. The van der Waals surface area contributed by atoms with E-state index in [1.807, 2.05) is 30.5 Å². The Bertz CT molecular complexity index is 671. The summed E-state index contributed by atoms with van der Waals surface area (Å²) in [7, 11) is 1.30. The van der Waals surface area contributed by atoms with Gasteiger partial charge in [-0.3, -0.25) is 14.7 Å². The Kier molecular flexibility index (Phi) is 4.34. The van der Waals surface area contributed by atoms with E-state index in [2.05, 4.69) is 9.84 Å². The number of ether oxygens (including phenoxy) is 1. The molecule has 0 amide bonds. The summed E-state index contributed by atoms with van der Waals surface area (Å²) < 4.78 is 5.84. The second kappa shape index (κ2) is 6.00. The van der Waals surface area contributed by atoms with Gasteiger partial charge in [-0.15, -0.1) is 11.8 Å². The maximum absolute atomic E-state index is 12.1. The van der Waals surface area contributed by atoms with Gasteiger partial charge in [-0.05, 0) is 30.9 Å². The van der Waals surface area contributed by atoms with Crippen LogP contribution in [0.5, 0.6) is 0 Å². The van der Waals surface area contributed by atoms with Gasteiger partial charge in [0.05, 0.1) is 12.8 Å². The van der Waals surface area contributed by atoms with E-state index < -0.39 is 5.97 Å². The smallest absolute Gasteiger partial charge is 0.327 e. The number of benzene rings is 1. The molecule has 0 unspecified atom stereocenters. The summed E-state index contributed by atoms with van der Waals surface area (Å²) in [5.41, 5.74) is 2.03. The molecule has 0 bridgehead atoms. The molecule has 0 fully saturated rings. The minimum atomic E-state index is -0.461. The molecule has 2 aromatic rings. The van der Waals surface area contributed by atoms with Crippen molar-refractivity contribution in [2.45, 2.75) is 18.4 Å². The van der Waals surface area contributed by atoms with Crippen molar-refractivity contribution >= 4 is 17.7 Å². The fraction of sp³-hybridized carbons (Fsp3) is 0.286. The molecule has 1 N–H and O–H groups in total. The summed E-state index contributed by atoms with van der Waals surface area (Å²) >= 11 is 1.66. The molecule has 5 nitrogen and oxygen atoms in total. The lowest BCUT2D eigenvalue weighted by atomic mass is 10.1. The third kappa shape index (κ3) is 2.80. The standard InChI is InChI=1S/C14H16N2O3S/c1-9-13(10-4-6-11(20-3)7-5-10)15-16(14(9)18)8-12(17)19-2/h4-7,15H,8H2,1-3H3. The van der Waals surface area contributed by atoms with Gasteiger partial charge in [0.2, 0.25) is 0 Å². The van der Waals surface area contributed by atoms with Gasteiger partial charge in [-0.2, -0.15) is 0 Å². The molecule has 0 saturated heterocycles. The minimum Gasteiger partial charge on any atom is -0.468 e. The molecule has 0 radical (unpaired) electrons. The number of aromatic nitrogens is 2. The van der Waals surface area contributed by atoms with Crippen LogP contribution >= 0.6 is 11.8 Å². The first-order valence-electron chi connectivity index (χ1n) is 6.07. The van der Waals surface area contributed by atoms with Crippen LogP contribution in [-0.2, 0) is 16.1 Å². The van der Waals surface area contributed by atoms with Crippen LogP contribution < -0.4 is 5.56 Å². The fourth-order valence-electron chi connectivity index (χ4n) is 1.92. The number of carbonyl (C=O) groups excluding carboxylic acids is 1. The molecular weight excluding hydrogens is 276 g/mol. The van der Waals surface area contributed by atoms with Crippen LogP contribution in [0.1, 0.15) is 5.56 Å². The molecular formula is C14H16N2O3S. The van der Waals surface area contributed by atoms with Crippen molar-refractivity contribution in [3.63, 3.8) is 0 Å². The molecule has 1 aromatic heterocycles. The van der Waals surface area contributed by atoms with E-state index in [9.17, 15) is 9.59 Å². The van der Waals surface area contributed by atoms with Gasteiger partial charge in [-0.1, -0.05) is 12.1 Å². The van der Waals surface area contributed by atoms with Gasteiger partial charge in [0, 0.05) is 10.5 Å². The second-order valence-corrected chi connectivity index (χ2v) is 5.19. The van der Waals surface area contributed by atoms with E-state index in [1.54, 1.807) is 18.7 Å². The highest BCUT2D eigenvalue weighted by molar-refractivity contribution is 7.98. The number of carbonyl (C=O) groups is 1. The Morgan fingerprint density at radius 2 is 2.00 bits per heavy atom. The molecule has 0 atom stereocenters. The van der Waals surface area contributed by atoms with Crippen molar-refractivity contribution in [3.8, 4) is 11.3 Å². The zero-order valence-electron chi connectivity index (χ0n) is 11.6. The summed E-state index contributed by atoms with van der Waals surface area (Å²) in [6.45, 7) is 1.63. The van der Waals surface area contributed by atoms with Gasteiger partial charge < -0.3 is 4.74 Å². The predicted molar refractivity (Wildman–Crippen MR) is 79.0 cm³/mol. The molecule has 106 valence electrons. The molecule has 20 heavy (non-hydrogen) atoms. The van der Waals surface area contributed by atoms with Crippen molar-refractivity contribution in [3.05, 3.63) is 40.2 Å². The number of H-pyrrole nitrogens is 1. The summed E-state index contributed by atoms with van der Waals surface area (Å²) in [5, 5.41) is 2.97. The van der Waals surface area contributed by atoms with Gasteiger partial charge in [0.1, 0.15) is 6.54 Å². The van der Waals surface area contributed by atoms with E-state index in [4.69, 9.17) is 0 Å². The van der Waals surface area contributed by atoms with Gasteiger partial charge in [0.15, 0.2) is 0 Å². The van der Waals surface area contributed by atoms with Crippen LogP contribution in [0.15, 0.2) is 34.0 Å². The lowest BCUT2D eigenvalue weighted by Gasteiger charge is -2.02. The van der Waals surface area contributed by atoms with E-state index in [0.717, 1.165) is 16.2 Å². The molecule has 1 aromatic carbocycles. The number of thioether (sulfide) groups is 1. The first-order chi connectivity index (χ1) is 9.56. The molecule has 0 spiro atoms. The minimum absolute atomic E-state index is 0.112. The van der Waals surface area contributed by atoms with Crippen LogP contribution in [0.3, 0.4) is 0 Å². The SMILES string of the molecule is COC(=O)Cn1[nH]c(-c2ccc(SC)cc2)c(C)c1=O. The van der Waals surface area contributed by atoms with E-state index in [0.29, 0.717) is 5.56 Å². The quantitative estimate of drug-likeness (QED) is 0.692. The number of hydrogen-bond acceptors (Lipinski definition) is 4.